The van der Waals surface area contributed by atoms with Gasteiger partial charge in [-0.05, 0) is 60.2 Å². The Morgan fingerprint density at radius 2 is 1.77 bits per heavy atom. The van der Waals surface area contributed by atoms with E-state index < -0.39 is 4.92 Å². The normalized spacial score (nSPS) is 20.5. The summed E-state index contributed by atoms with van der Waals surface area (Å²) in [5.41, 5.74) is 8.59. The lowest BCUT2D eigenvalue weighted by molar-refractivity contribution is -0.385. The number of nitro groups is 2. The highest BCUT2D eigenvalue weighted by molar-refractivity contribution is 5.99. The number of hydrazone groups is 1. The number of hydrogen-bond acceptors (Lipinski definition) is 7. The van der Waals surface area contributed by atoms with Crippen LogP contribution in [0.3, 0.4) is 0 Å². The van der Waals surface area contributed by atoms with Crippen LogP contribution < -0.4 is 10.7 Å². The van der Waals surface area contributed by atoms with Crippen molar-refractivity contribution in [3.05, 3.63) is 116 Å². The Balaban J connectivity index is 1.39. The predicted octanol–water partition coefficient (Wildman–Crippen LogP) is 6.17. The molecule has 0 saturated carbocycles. The van der Waals surface area contributed by atoms with E-state index in [4.69, 9.17) is 0 Å². The predicted molar refractivity (Wildman–Crippen MR) is 135 cm³/mol. The van der Waals surface area contributed by atoms with Crippen molar-refractivity contribution in [1.82, 2.24) is 0 Å². The summed E-state index contributed by atoms with van der Waals surface area (Å²) in [6.45, 7) is 1.91. The van der Waals surface area contributed by atoms with Crippen LogP contribution in [-0.2, 0) is 0 Å². The van der Waals surface area contributed by atoms with Crippen molar-refractivity contribution in [1.29, 1.82) is 0 Å². The quantitative estimate of drug-likeness (QED) is 0.193. The van der Waals surface area contributed by atoms with Crippen molar-refractivity contribution in [3.8, 4) is 0 Å². The van der Waals surface area contributed by atoms with E-state index in [0.29, 0.717) is 5.69 Å². The first-order valence-electron chi connectivity index (χ1n) is 11.3. The summed E-state index contributed by atoms with van der Waals surface area (Å²) >= 11 is 0. The third-order valence-corrected chi connectivity index (χ3v) is 6.65. The third-order valence-electron chi connectivity index (χ3n) is 6.65. The molecule has 1 heterocycles. The summed E-state index contributed by atoms with van der Waals surface area (Å²) in [5.74, 6) is 0.459. The number of anilines is 2. The van der Waals surface area contributed by atoms with Gasteiger partial charge in [-0.15, -0.1) is 0 Å². The highest BCUT2D eigenvalue weighted by atomic mass is 16.6. The lowest BCUT2D eigenvalue weighted by atomic mass is 9.76. The van der Waals surface area contributed by atoms with E-state index in [2.05, 4.69) is 34.1 Å². The number of rotatable bonds is 6. The first kappa shape index (κ1) is 22.3. The van der Waals surface area contributed by atoms with Gasteiger partial charge in [0.05, 0.1) is 27.3 Å². The first-order chi connectivity index (χ1) is 16.9. The smallest absolute Gasteiger partial charge is 0.269 e. The third kappa shape index (κ3) is 4.35. The molecule has 3 aromatic carbocycles. The molecule has 2 N–H and O–H groups in total. The van der Waals surface area contributed by atoms with Crippen LogP contribution in [0.4, 0.5) is 22.7 Å². The molecule has 0 aromatic heterocycles. The van der Waals surface area contributed by atoms with Crippen molar-refractivity contribution in [2.45, 2.75) is 25.3 Å². The standard InChI is InChI=1S/C26H23N5O4/c1-16(28-29-19-9-11-20(12-10-19)30(32)33)17-8-13-25-24(15-17)22-6-3-7-23(22)26(27-25)18-4-2-5-21(14-18)31(34)35/h2-6,8-15,22-23,26-27,29H,7H2,1H3. The topological polar surface area (TPSA) is 123 Å². The van der Waals surface area contributed by atoms with E-state index >= 15 is 0 Å². The van der Waals surface area contributed by atoms with Gasteiger partial charge in [0.1, 0.15) is 0 Å². The Morgan fingerprint density at radius 3 is 2.51 bits per heavy atom. The van der Waals surface area contributed by atoms with E-state index in [9.17, 15) is 20.2 Å². The maximum absolute atomic E-state index is 11.3. The monoisotopic (exact) mass is 469 g/mol. The molecule has 0 saturated heterocycles. The number of nitro benzene ring substituents is 2. The summed E-state index contributed by atoms with van der Waals surface area (Å²) in [6.07, 6.45) is 5.30. The van der Waals surface area contributed by atoms with Gasteiger partial charge in [0.25, 0.3) is 11.4 Å². The second-order valence-electron chi connectivity index (χ2n) is 8.74. The van der Waals surface area contributed by atoms with Gasteiger partial charge >= 0.3 is 0 Å². The molecule has 35 heavy (non-hydrogen) atoms. The van der Waals surface area contributed by atoms with Crippen LogP contribution in [0.2, 0.25) is 0 Å². The molecular formula is C26H23N5O4. The second-order valence-corrected chi connectivity index (χ2v) is 8.74. The van der Waals surface area contributed by atoms with Crippen LogP contribution in [-0.4, -0.2) is 15.6 Å². The van der Waals surface area contributed by atoms with Gasteiger partial charge < -0.3 is 5.32 Å². The first-order valence-corrected chi connectivity index (χ1v) is 11.3. The van der Waals surface area contributed by atoms with E-state index in [-0.39, 0.29) is 34.2 Å². The number of nitrogens with zero attached hydrogens (tertiary/aromatic N) is 3. The van der Waals surface area contributed by atoms with Crippen LogP contribution in [0.5, 0.6) is 0 Å². The lowest BCUT2D eigenvalue weighted by Crippen LogP contribution is -2.29. The lowest BCUT2D eigenvalue weighted by Gasteiger charge is -2.37. The largest absolute Gasteiger partial charge is 0.378 e. The molecule has 0 fully saturated rings. The summed E-state index contributed by atoms with van der Waals surface area (Å²) < 4.78 is 0. The van der Waals surface area contributed by atoms with E-state index in [1.165, 1.54) is 23.8 Å². The molecule has 0 spiro atoms. The Labute approximate surface area is 201 Å². The number of non-ortho nitro benzene ring substituents is 2. The maximum Gasteiger partial charge on any atom is 0.269 e. The van der Waals surface area contributed by atoms with E-state index in [0.717, 1.165) is 28.9 Å². The Bertz CT molecular complexity index is 1370. The zero-order valence-electron chi connectivity index (χ0n) is 18.9. The number of benzene rings is 3. The van der Waals surface area contributed by atoms with Crippen molar-refractivity contribution < 1.29 is 9.85 Å². The SMILES string of the molecule is CC(=NNc1ccc([N+](=O)[O-])cc1)c1ccc2c(c1)C1C=CCC1C(c1cccc([N+](=O)[O-])c1)N2. The van der Waals surface area contributed by atoms with Crippen molar-refractivity contribution >= 4 is 28.5 Å². The number of fused-ring (bicyclic) bond motifs is 3. The molecule has 1 aliphatic carbocycles. The zero-order valence-corrected chi connectivity index (χ0v) is 18.9. The fourth-order valence-corrected chi connectivity index (χ4v) is 4.85. The number of hydrogen-bond donors (Lipinski definition) is 2. The molecule has 9 nitrogen and oxygen atoms in total. The molecule has 1 aliphatic heterocycles. The van der Waals surface area contributed by atoms with Crippen LogP contribution >= 0.6 is 0 Å². The average molecular weight is 470 g/mol. The molecule has 3 atom stereocenters. The summed E-state index contributed by atoms with van der Waals surface area (Å²) in [7, 11) is 0. The van der Waals surface area contributed by atoms with Gasteiger partial charge in [-0.2, -0.15) is 5.10 Å². The zero-order chi connectivity index (χ0) is 24.5. The maximum atomic E-state index is 11.3. The van der Waals surface area contributed by atoms with Gasteiger partial charge in [-0.3, -0.25) is 25.7 Å². The minimum absolute atomic E-state index is 0.0215. The number of nitrogens with one attached hydrogen (secondary N) is 2. The Kier molecular flexibility index (Phi) is 5.74. The van der Waals surface area contributed by atoms with Crippen LogP contribution in [0.1, 0.15) is 42.0 Å². The summed E-state index contributed by atoms with van der Waals surface area (Å²) in [5, 5.41) is 30.2. The molecular weight excluding hydrogens is 446 g/mol. The second kappa shape index (κ2) is 9.02. The Morgan fingerprint density at radius 1 is 1.00 bits per heavy atom. The molecule has 0 radical (unpaired) electrons. The van der Waals surface area contributed by atoms with E-state index in [1.54, 1.807) is 24.3 Å². The fraction of sp³-hybridized carbons (Fsp3) is 0.192. The highest BCUT2D eigenvalue weighted by Gasteiger charge is 2.38. The molecule has 3 unspecified atom stereocenters. The molecule has 2 aliphatic rings. The molecule has 9 heteroatoms. The minimum atomic E-state index is -0.437. The van der Waals surface area contributed by atoms with Gasteiger partial charge in [-0.25, -0.2) is 0 Å². The summed E-state index contributed by atoms with van der Waals surface area (Å²) in [6, 6.07) is 19.1. The summed E-state index contributed by atoms with van der Waals surface area (Å²) in [4.78, 5) is 21.3. The van der Waals surface area contributed by atoms with Crippen LogP contribution in [0.15, 0.2) is 84.0 Å². The van der Waals surface area contributed by atoms with Crippen molar-refractivity contribution in [3.63, 3.8) is 0 Å². The fourth-order valence-electron chi connectivity index (χ4n) is 4.85. The van der Waals surface area contributed by atoms with Crippen LogP contribution in [0, 0.1) is 26.1 Å². The number of allylic oxidation sites excluding steroid dienone is 2. The highest BCUT2D eigenvalue weighted by Crippen LogP contribution is 2.50. The minimum Gasteiger partial charge on any atom is -0.378 e. The molecule has 176 valence electrons. The van der Waals surface area contributed by atoms with Crippen LogP contribution in [0.25, 0.3) is 0 Å². The van der Waals surface area contributed by atoms with Gasteiger partial charge in [0.15, 0.2) is 0 Å². The molecule has 0 bridgehead atoms. The molecule has 5 rings (SSSR count). The molecule has 0 amide bonds. The van der Waals surface area contributed by atoms with Gasteiger partial charge in [0.2, 0.25) is 0 Å². The van der Waals surface area contributed by atoms with Crippen molar-refractivity contribution in [2.24, 2.45) is 11.0 Å². The average Bonchev–Trinajstić information content (AvgIpc) is 3.37. The van der Waals surface area contributed by atoms with E-state index in [1.807, 2.05) is 25.1 Å². The molecule has 3 aromatic rings. The van der Waals surface area contributed by atoms with Gasteiger partial charge in [-0.1, -0.05) is 30.4 Å². The Hall–Kier alpha value is -4.53. The van der Waals surface area contributed by atoms with Gasteiger partial charge in [0, 0.05) is 35.9 Å². The van der Waals surface area contributed by atoms with Crippen molar-refractivity contribution in [2.75, 3.05) is 10.7 Å².